The third kappa shape index (κ3) is 3.34. The van der Waals surface area contributed by atoms with E-state index in [1.54, 1.807) is 6.07 Å². The van der Waals surface area contributed by atoms with Crippen molar-refractivity contribution in [2.24, 2.45) is 5.92 Å². The third-order valence-electron chi connectivity index (χ3n) is 4.23. The molecule has 0 radical (unpaired) electrons. The van der Waals surface area contributed by atoms with E-state index in [-0.39, 0.29) is 28.3 Å². The molecule has 1 heterocycles. The molecule has 0 bridgehead atoms. The fraction of sp³-hybridized carbons (Fsp3) is 0.316. The molecule has 0 aliphatic heterocycles. The Labute approximate surface area is 148 Å². The molecule has 0 saturated carbocycles. The van der Waals surface area contributed by atoms with Crippen LogP contribution in [-0.4, -0.2) is 20.0 Å². The summed E-state index contributed by atoms with van der Waals surface area (Å²) in [5.41, 5.74) is -0.221. The van der Waals surface area contributed by atoms with E-state index in [0.29, 0.717) is 24.3 Å². The molecule has 0 spiro atoms. The predicted molar refractivity (Wildman–Crippen MR) is 93.0 cm³/mol. The Bertz CT molecular complexity index is 946. The molecule has 1 aromatic heterocycles. The zero-order chi connectivity index (χ0) is 19.1. The van der Waals surface area contributed by atoms with Gasteiger partial charge in [0.25, 0.3) is 0 Å². The molecule has 0 unspecified atom stereocenters. The van der Waals surface area contributed by atoms with Crippen LogP contribution in [0.4, 0.5) is 13.2 Å². The van der Waals surface area contributed by atoms with Gasteiger partial charge in [-0.1, -0.05) is 26.0 Å². The number of fused-ring (bicyclic) bond motifs is 1. The smallest absolute Gasteiger partial charge is 0.418 e. The van der Waals surface area contributed by atoms with E-state index in [9.17, 15) is 23.4 Å². The van der Waals surface area contributed by atoms with E-state index in [0.717, 1.165) is 12.1 Å². The van der Waals surface area contributed by atoms with Crippen LogP contribution in [0.3, 0.4) is 0 Å². The molecule has 0 atom stereocenters. The van der Waals surface area contributed by atoms with Crippen LogP contribution in [0.15, 0.2) is 36.4 Å². The molecule has 0 saturated heterocycles. The molecule has 0 fully saturated rings. The number of aromatic hydroxyl groups is 2. The maximum absolute atomic E-state index is 13.5. The maximum Gasteiger partial charge on any atom is 0.418 e. The number of nitrogens with zero attached hydrogens (tertiary/aromatic N) is 2. The summed E-state index contributed by atoms with van der Waals surface area (Å²) in [6, 6.07) is 7.88. The van der Waals surface area contributed by atoms with Crippen molar-refractivity contribution in [3.63, 3.8) is 0 Å². The molecule has 4 nitrogen and oxygen atoms in total. The molecular weight excluding hydrogens is 345 g/mol. The number of hydrogen-bond donors (Lipinski definition) is 2. The van der Waals surface area contributed by atoms with E-state index in [1.807, 2.05) is 13.8 Å². The highest BCUT2D eigenvalue weighted by molar-refractivity contribution is 5.96. The van der Waals surface area contributed by atoms with Gasteiger partial charge in [0.1, 0.15) is 17.2 Å². The number of rotatable bonds is 4. The van der Waals surface area contributed by atoms with Crippen LogP contribution in [0.1, 0.15) is 25.8 Å². The topological polar surface area (TPSA) is 58.3 Å². The lowest BCUT2D eigenvalue weighted by molar-refractivity contribution is -0.136. The summed E-state index contributed by atoms with van der Waals surface area (Å²) in [5, 5.41) is 24.3. The van der Waals surface area contributed by atoms with Gasteiger partial charge in [-0.2, -0.15) is 18.3 Å². The van der Waals surface area contributed by atoms with Crippen molar-refractivity contribution in [2.45, 2.75) is 33.0 Å². The molecular formula is C19H19F3N2O2. The molecule has 0 aliphatic carbocycles. The number of phenolic OH excluding ortho intramolecular Hbond substituents is 2. The van der Waals surface area contributed by atoms with Gasteiger partial charge in [0.05, 0.1) is 11.1 Å². The van der Waals surface area contributed by atoms with Crippen molar-refractivity contribution in [1.82, 2.24) is 9.78 Å². The summed E-state index contributed by atoms with van der Waals surface area (Å²) in [5.74, 6) is -0.0681. The van der Waals surface area contributed by atoms with E-state index in [4.69, 9.17) is 0 Å². The second-order valence-electron chi connectivity index (χ2n) is 6.66. The Kier molecular flexibility index (Phi) is 4.56. The van der Waals surface area contributed by atoms with Crippen molar-refractivity contribution in [1.29, 1.82) is 0 Å². The minimum Gasteiger partial charge on any atom is -0.508 e. The van der Waals surface area contributed by atoms with Crippen LogP contribution >= 0.6 is 0 Å². The normalized spacial score (nSPS) is 12.2. The Balaban J connectivity index is 2.28. The fourth-order valence-electron chi connectivity index (χ4n) is 2.93. The lowest BCUT2D eigenvalue weighted by Gasteiger charge is -2.11. The van der Waals surface area contributed by atoms with Crippen molar-refractivity contribution < 1.29 is 23.4 Å². The van der Waals surface area contributed by atoms with Gasteiger partial charge in [0.15, 0.2) is 0 Å². The van der Waals surface area contributed by atoms with Crippen LogP contribution in [0, 0.1) is 5.92 Å². The van der Waals surface area contributed by atoms with Crippen molar-refractivity contribution >= 4 is 10.9 Å². The quantitative estimate of drug-likeness (QED) is 0.671. The zero-order valence-corrected chi connectivity index (χ0v) is 14.4. The highest BCUT2D eigenvalue weighted by Crippen LogP contribution is 2.40. The highest BCUT2D eigenvalue weighted by atomic mass is 19.4. The second kappa shape index (κ2) is 6.55. The molecule has 2 N–H and O–H groups in total. The van der Waals surface area contributed by atoms with Gasteiger partial charge in [-0.15, -0.1) is 0 Å². The summed E-state index contributed by atoms with van der Waals surface area (Å²) in [7, 11) is 0. The van der Waals surface area contributed by atoms with E-state index < -0.39 is 11.7 Å². The number of alkyl halides is 3. The van der Waals surface area contributed by atoms with Gasteiger partial charge in [-0.25, -0.2) is 0 Å². The fourth-order valence-corrected chi connectivity index (χ4v) is 2.93. The van der Waals surface area contributed by atoms with Crippen molar-refractivity contribution in [3.8, 4) is 22.8 Å². The zero-order valence-electron chi connectivity index (χ0n) is 14.4. The SMILES string of the molecule is CC(C)CCn1nc(-c2ccc(O)cc2O)c2cccc(C(F)(F)F)c21. The number of halogens is 3. The Hall–Kier alpha value is -2.70. The maximum atomic E-state index is 13.5. The minimum absolute atomic E-state index is 0.00289. The van der Waals surface area contributed by atoms with Crippen LogP contribution < -0.4 is 0 Å². The molecule has 7 heteroatoms. The molecule has 0 aliphatic rings. The third-order valence-corrected chi connectivity index (χ3v) is 4.23. The van der Waals surface area contributed by atoms with Gasteiger partial charge in [-0.3, -0.25) is 4.68 Å². The molecule has 3 rings (SSSR count). The summed E-state index contributed by atoms with van der Waals surface area (Å²) in [6.45, 7) is 4.31. The number of para-hydroxylation sites is 1. The van der Waals surface area contributed by atoms with E-state index in [2.05, 4.69) is 5.10 Å². The van der Waals surface area contributed by atoms with Crippen LogP contribution in [-0.2, 0) is 12.7 Å². The number of benzene rings is 2. The highest BCUT2D eigenvalue weighted by Gasteiger charge is 2.35. The number of aryl methyl sites for hydroxylation is 1. The molecule has 3 aromatic rings. The van der Waals surface area contributed by atoms with Gasteiger partial charge in [0.2, 0.25) is 0 Å². The Morgan fingerprint density at radius 2 is 1.85 bits per heavy atom. The first-order valence-corrected chi connectivity index (χ1v) is 8.27. The number of hydrogen-bond acceptors (Lipinski definition) is 3. The largest absolute Gasteiger partial charge is 0.508 e. The monoisotopic (exact) mass is 364 g/mol. The van der Waals surface area contributed by atoms with Crippen LogP contribution in [0.2, 0.25) is 0 Å². The average Bonchev–Trinajstić information content (AvgIpc) is 2.90. The molecule has 2 aromatic carbocycles. The predicted octanol–water partition coefficient (Wildman–Crippen LogP) is 5.18. The van der Waals surface area contributed by atoms with Gasteiger partial charge in [-0.05, 0) is 30.5 Å². The Morgan fingerprint density at radius 3 is 2.46 bits per heavy atom. The summed E-state index contributed by atoms with van der Waals surface area (Å²) in [4.78, 5) is 0. The first kappa shape index (κ1) is 18.1. The van der Waals surface area contributed by atoms with E-state index >= 15 is 0 Å². The lowest BCUT2D eigenvalue weighted by Crippen LogP contribution is -2.10. The minimum atomic E-state index is -4.51. The first-order valence-electron chi connectivity index (χ1n) is 8.27. The van der Waals surface area contributed by atoms with Crippen LogP contribution in [0.5, 0.6) is 11.5 Å². The van der Waals surface area contributed by atoms with Crippen LogP contribution in [0.25, 0.3) is 22.2 Å². The van der Waals surface area contributed by atoms with E-state index in [1.165, 1.54) is 22.9 Å². The van der Waals surface area contributed by atoms with Gasteiger partial charge < -0.3 is 10.2 Å². The molecule has 138 valence electrons. The van der Waals surface area contributed by atoms with Gasteiger partial charge in [0, 0.05) is 23.6 Å². The average molecular weight is 364 g/mol. The van der Waals surface area contributed by atoms with Crippen molar-refractivity contribution in [3.05, 3.63) is 42.0 Å². The summed E-state index contributed by atoms with van der Waals surface area (Å²) in [6.07, 6.45) is -3.84. The molecule has 0 amide bonds. The summed E-state index contributed by atoms with van der Waals surface area (Å²) < 4.78 is 41.9. The first-order chi connectivity index (χ1) is 12.2. The van der Waals surface area contributed by atoms with Gasteiger partial charge >= 0.3 is 6.18 Å². The number of phenols is 2. The Morgan fingerprint density at radius 1 is 1.12 bits per heavy atom. The molecule has 26 heavy (non-hydrogen) atoms. The second-order valence-corrected chi connectivity index (χ2v) is 6.66. The number of aromatic nitrogens is 2. The lowest BCUT2D eigenvalue weighted by atomic mass is 10.0. The van der Waals surface area contributed by atoms with Crippen molar-refractivity contribution in [2.75, 3.05) is 0 Å². The summed E-state index contributed by atoms with van der Waals surface area (Å²) >= 11 is 0. The standard InChI is InChI=1S/C19H19F3N2O2/c1-11(2)8-9-24-18-14(4-3-5-15(18)19(20,21)22)17(23-24)13-7-6-12(25)10-16(13)26/h3-7,10-11,25-26H,8-9H2,1-2H3.